The zero-order chi connectivity index (χ0) is 21.6. The second kappa shape index (κ2) is 9.60. The van der Waals surface area contributed by atoms with Gasteiger partial charge in [0, 0.05) is 35.5 Å². The molecule has 1 aliphatic rings. The van der Waals surface area contributed by atoms with Crippen LogP contribution in [0, 0.1) is 11.7 Å². The van der Waals surface area contributed by atoms with E-state index in [0.717, 1.165) is 42.5 Å². The predicted molar refractivity (Wildman–Crippen MR) is 121 cm³/mol. The number of anilines is 2. The molecule has 1 heterocycles. The van der Waals surface area contributed by atoms with Gasteiger partial charge in [-0.1, -0.05) is 18.2 Å². The van der Waals surface area contributed by atoms with Gasteiger partial charge in [-0.2, -0.15) is 0 Å². The van der Waals surface area contributed by atoms with Crippen LogP contribution in [0.1, 0.15) is 25.7 Å². The molecule has 0 atom stereocenters. The van der Waals surface area contributed by atoms with Crippen molar-refractivity contribution in [2.24, 2.45) is 5.92 Å². The molecule has 2 aromatic carbocycles. The van der Waals surface area contributed by atoms with Crippen molar-refractivity contribution in [3.8, 4) is 16.9 Å². The Kier molecular flexibility index (Phi) is 6.46. The number of methoxy groups -OCH3 is 1. The highest BCUT2D eigenvalue weighted by Gasteiger charge is 2.26. The van der Waals surface area contributed by atoms with E-state index < -0.39 is 0 Å². The number of hydrogen-bond acceptors (Lipinski definition) is 4. The summed E-state index contributed by atoms with van der Waals surface area (Å²) in [4.78, 5) is 17.1. The molecule has 0 radical (unpaired) electrons. The van der Waals surface area contributed by atoms with E-state index in [9.17, 15) is 9.18 Å². The number of benzene rings is 2. The second-order valence-corrected chi connectivity index (χ2v) is 7.82. The summed E-state index contributed by atoms with van der Waals surface area (Å²) in [5.74, 6) is 0.528. The molecule has 2 N–H and O–H groups in total. The number of carbonyl (C=O) groups is 1. The Bertz CT molecular complexity index is 1030. The van der Waals surface area contributed by atoms with Crippen molar-refractivity contribution in [3.05, 3.63) is 72.7 Å². The second-order valence-electron chi connectivity index (χ2n) is 7.82. The van der Waals surface area contributed by atoms with E-state index >= 15 is 0 Å². The van der Waals surface area contributed by atoms with E-state index in [0.29, 0.717) is 17.6 Å². The first-order valence-corrected chi connectivity index (χ1v) is 10.5. The average Bonchev–Trinajstić information content (AvgIpc) is 2.80. The van der Waals surface area contributed by atoms with Crippen LogP contribution >= 0.6 is 0 Å². The molecule has 1 fully saturated rings. The van der Waals surface area contributed by atoms with Crippen molar-refractivity contribution in [2.45, 2.75) is 31.7 Å². The maximum absolute atomic E-state index is 13.5. The number of nitrogens with one attached hydrogen (secondary N) is 2. The summed E-state index contributed by atoms with van der Waals surface area (Å²) in [6.45, 7) is 0. The number of para-hydroxylation sites is 1. The number of nitrogens with zero attached hydrogens (tertiary/aromatic N) is 1. The number of carbonyl (C=O) groups excluding carboxylic acids is 1. The third kappa shape index (κ3) is 5.20. The molecule has 1 aliphatic carbocycles. The highest BCUT2D eigenvalue weighted by Crippen LogP contribution is 2.32. The van der Waals surface area contributed by atoms with Crippen LogP contribution in [-0.2, 0) is 4.79 Å². The Morgan fingerprint density at radius 2 is 1.81 bits per heavy atom. The topological polar surface area (TPSA) is 63.2 Å². The fraction of sp³-hybridized carbons (Fsp3) is 0.280. The summed E-state index contributed by atoms with van der Waals surface area (Å²) in [7, 11) is 1.51. The first-order valence-electron chi connectivity index (χ1n) is 10.5. The molecule has 1 amide bonds. The molecule has 4 rings (SSSR count). The van der Waals surface area contributed by atoms with Crippen molar-refractivity contribution in [3.63, 3.8) is 0 Å². The van der Waals surface area contributed by atoms with Crippen molar-refractivity contribution < 1.29 is 13.9 Å². The largest absolute Gasteiger partial charge is 0.496 e. The van der Waals surface area contributed by atoms with E-state index in [4.69, 9.17) is 4.74 Å². The zero-order valence-electron chi connectivity index (χ0n) is 17.5. The van der Waals surface area contributed by atoms with E-state index in [-0.39, 0.29) is 17.6 Å². The Balaban J connectivity index is 1.37. The molecule has 0 unspecified atom stereocenters. The number of halogens is 1. The van der Waals surface area contributed by atoms with Crippen molar-refractivity contribution >= 4 is 17.4 Å². The van der Waals surface area contributed by atoms with Gasteiger partial charge in [0.2, 0.25) is 5.91 Å². The van der Waals surface area contributed by atoms with Crippen LogP contribution in [0.3, 0.4) is 0 Å². The number of ether oxygens (including phenoxy) is 1. The molecule has 0 aliphatic heterocycles. The summed E-state index contributed by atoms with van der Waals surface area (Å²) >= 11 is 0. The van der Waals surface area contributed by atoms with Gasteiger partial charge in [0.25, 0.3) is 0 Å². The molecule has 1 saturated carbocycles. The summed E-state index contributed by atoms with van der Waals surface area (Å²) in [6, 6.07) is 18.5. The van der Waals surface area contributed by atoms with Crippen LogP contribution in [0.4, 0.5) is 15.9 Å². The minimum absolute atomic E-state index is 0.00566. The molecule has 0 saturated heterocycles. The van der Waals surface area contributed by atoms with Crippen LogP contribution < -0.4 is 15.4 Å². The fourth-order valence-electron chi connectivity index (χ4n) is 4.07. The fourth-order valence-corrected chi connectivity index (χ4v) is 4.07. The summed E-state index contributed by atoms with van der Waals surface area (Å²) in [5.41, 5.74) is 2.67. The zero-order valence-corrected chi connectivity index (χ0v) is 17.5. The maximum Gasteiger partial charge on any atom is 0.228 e. The first kappa shape index (κ1) is 20.8. The molecule has 6 heteroatoms. The molecule has 3 aromatic rings. The van der Waals surface area contributed by atoms with Gasteiger partial charge in [-0.05, 0) is 67.6 Å². The van der Waals surface area contributed by atoms with Gasteiger partial charge < -0.3 is 15.4 Å². The lowest BCUT2D eigenvalue weighted by atomic mass is 9.85. The average molecular weight is 420 g/mol. The van der Waals surface area contributed by atoms with Gasteiger partial charge in [-0.15, -0.1) is 0 Å². The Hall–Kier alpha value is -3.41. The first-order chi connectivity index (χ1) is 15.1. The van der Waals surface area contributed by atoms with Gasteiger partial charge in [-0.3, -0.25) is 4.79 Å². The molecule has 1 aromatic heterocycles. The Labute approximate surface area is 181 Å². The van der Waals surface area contributed by atoms with E-state index in [1.165, 1.54) is 19.2 Å². The standard InChI is InChI=1S/C25H26FN3O2/c1-31-23-16-19(26)9-12-22(23)18-13-14-27-24(15-18)29-25(30)17-7-10-21(11-8-17)28-20-5-3-2-4-6-20/h2-6,9,12-17,21,28H,7-8,10-11H2,1H3,(H,27,29,30). The molecular weight excluding hydrogens is 393 g/mol. The van der Waals surface area contributed by atoms with Gasteiger partial charge in [0.05, 0.1) is 7.11 Å². The van der Waals surface area contributed by atoms with Gasteiger partial charge in [0.15, 0.2) is 0 Å². The summed E-state index contributed by atoms with van der Waals surface area (Å²) in [5, 5.41) is 6.50. The van der Waals surface area contributed by atoms with Crippen LogP contribution in [0.5, 0.6) is 5.75 Å². The van der Waals surface area contributed by atoms with Crippen molar-refractivity contribution in [1.29, 1.82) is 0 Å². The van der Waals surface area contributed by atoms with Gasteiger partial charge in [-0.25, -0.2) is 9.37 Å². The third-order valence-electron chi connectivity index (χ3n) is 5.73. The number of hydrogen-bond donors (Lipinski definition) is 2. The van der Waals surface area contributed by atoms with Crippen LogP contribution in [-0.4, -0.2) is 24.0 Å². The number of aromatic nitrogens is 1. The van der Waals surface area contributed by atoms with Gasteiger partial charge >= 0.3 is 0 Å². The normalized spacial score (nSPS) is 18.3. The predicted octanol–water partition coefficient (Wildman–Crippen LogP) is 5.51. The highest BCUT2D eigenvalue weighted by atomic mass is 19.1. The highest BCUT2D eigenvalue weighted by molar-refractivity contribution is 5.92. The van der Waals surface area contributed by atoms with Crippen LogP contribution in [0.2, 0.25) is 0 Å². The van der Waals surface area contributed by atoms with Crippen LogP contribution in [0.15, 0.2) is 66.9 Å². The van der Waals surface area contributed by atoms with E-state index in [1.807, 2.05) is 24.3 Å². The third-order valence-corrected chi connectivity index (χ3v) is 5.73. The Morgan fingerprint density at radius 3 is 2.55 bits per heavy atom. The SMILES string of the molecule is COc1cc(F)ccc1-c1ccnc(NC(=O)C2CCC(Nc3ccccc3)CC2)c1. The smallest absolute Gasteiger partial charge is 0.228 e. The quantitative estimate of drug-likeness (QED) is 0.553. The lowest BCUT2D eigenvalue weighted by Gasteiger charge is -2.29. The van der Waals surface area contributed by atoms with Crippen molar-refractivity contribution in [1.82, 2.24) is 4.98 Å². The molecule has 0 spiro atoms. The van der Waals surface area contributed by atoms with Crippen molar-refractivity contribution in [2.75, 3.05) is 17.7 Å². The number of amides is 1. The molecule has 160 valence electrons. The van der Waals surface area contributed by atoms with E-state index in [2.05, 4.69) is 27.8 Å². The lowest BCUT2D eigenvalue weighted by Crippen LogP contribution is -2.32. The lowest BCUT2D eigenvalue weighted by molar-refractivity contribution is -0.120. The molecule has 31 heavy (non-hydrogen) atoms. The number of rotatable bonds is 6. The molecule has 0 bridgehead atoms. The summed E-state index contributed by atoms with van der Waals surface area (Å²) in [6.07, 6.45) is 5.21. The minimum Gasteiger partial charge on any atom is -0.496 e. The monoisotopic (exact) mass is 419 g/mol. The maximum atomic E-state index is 13.5. The summed E-state index contributed by atoms with van der Waals surface area (Å²) < 4.78 is 18.8. The van der Waals surface area contributed by atoms with E-state index in [1.54, 1.807) is 18.3 Å². The number of pyridine rings is 1. The van der Waals surface area contributed by atoms with Gasteiger partial charge in [0.1, 0.15) is 17.4 Å². The minimum atomic E-state index is -0.361. The Morgan fingerprint density at radius 1 is 1.03 bits per heavy atom. The molecular formula is C25H26FN3O2. The van der Waals surface area contributed by atoms with Crippen LogP contribution in [0.25, 0.3) is 11.1 Å². The molecule has 5 nitrogen and oxygen atoms in total.